The summed E-state index contributed by atoms with van der Waals surface area (Å²) in [6, 6.07) is 28.1. The summed E-state index contributed by atoms with van der Waals surface area (Å²) in [6.45, 7) is 1.47. The van der Waals surface area contributed by atoms with Crippen LogP contribution in [0.25, 0.3) is 32.7 Å². The molecule has 1 amide bonds. The number of nitrogens with one attached hydrogen (secondary N) is 1. The number of benzene rings is 5. The first-order chi connectivity index (χ1) is 34.6. The number of imidazole rings is 1. The Morgan fingerprint density at radius 3 is 2.03 bits per heavy atom. The van der Waals surface area contributed by atoms with E-state index in [1.54, 1.807) is 86.0 Å². The van der Waals surface area contributed by atoms with E-state index in [1.165, 1.54) is 36.3 Å². The van der Waals surface area contributed by atoms with Crippen molar-refractivity contribution in [1.29, 1.82) is 0 Å². The second-order valence-electron chi connectivity index (χ2n) is 17.4. The Hall–Kier alpha value is -6.63. The molecule has 2 aromatic heterocycles. The molecule has 9 rings (SSSR count). The van der Waals surface area contributed by atoms with Crippen molar-refractivity contribution in [2.24, 2.45) is 0 Å². The minimum absolute atomic E-state index is 0.0212. The Balaban J connectivity index is 1.21. The summed E-state index contributed by atoms with van der Waals surface area (Å²) < 4.78 is 104. The molecular weight excluding hydrogens is 971 g/mol. The van der Waals surface area contributed by atoms with Gasteiger partial charge in [-0.1, -0.05) is 66.7 Å². The fraction of sp³-hybridized carbons (Fsp3) is 0.340. The Bertz CT molecular complexity index is 3360. The van der Waals surface area contributed by atoms with Gasteiger partial charge in [0, 0.05) is 80.2 Å². The minimum Gasteiger partial charge on any atom is -0.464 e. The number of ether oxygens (including phenoxy) is 5. The minimum atomic E-state index is -4.96. The molecule has 0 spiro atoms. The van der Waals surface area contributed by atoms with E-state index in [0.29, 0.717) is 33.8 Å². The Morgan fingerprint density at radius 1 is 0.778 bits per heavy atom. The average Bonchev–Trinajstić information content (AvgIpc) is 3.96. The second-order valence-corrected chi connectivity index (χ2v) is 20.5. The molecule has 2 aliphatic rings. The molecule has 0 bridgehead atoms. The molecule has 4 heterocycles. The molecular formula is C50H53N7O13S2. The van der Waals surface area contributed by atoms with Gasteiger partial charge in [0.1, 0.15) is 34.4 Å². The lowest BCUT2D eigenvalue weighted by atomic mass is 10.0. The SMILES string of the molecule is CCOC(=O)C(OS(=O)(=O)c1cccc2c(N(C)C)cccc12)[C@H]1O[C@@H](n2cnc3c(NC(=O)c4ccccc4)ncnc32)[C@H](OC2CC(OC)CCO2)[C@@H]1OS(=O)(=O)c1cccc2c(N(C)C)cccc12. The first-order valence-corrected chi connectivity index (χ1v) is 25.8. The van der Waals surface area contributed by atoms with Crippen LogP contribution in [0, 0.1) is 0 Å². The van der Waals surface area contributed by atoms with E-state index >= 15 is 8.42 Å². The highest BCUT2D eigenvalue weighted by atomic mass is 32.2. The molecule has 378 valence electrons. The van der Waals surface area contributed by atoms with Crippen molar-refractivity contribution in [3.05, 3.63) is 121 Å². The number of rotatable bonds is 17. The van der Waals surface area contributed by atoms with Crippen LogP contribution in [0.5, 0.6) is 0 Å². The predicted molar refractivity (Wildman–Crippen MR) is 266 cm³/mol. The number of nitrogens with zero attached hydrogens (tertiary/aromatic N) is 6. The van der Waals surface area contributed by atoms with Crippen molar-refractivity contribution in [3.63, 3.8) is 0 Å². The highest BCUT2D eigenvalue weighted by Gasteiger charge is 2.57. The molecule has 2 saturated heterocycles. The maximum absolute atomic E-state index is 15.1. The van der Waals surface area contributed by atoms with Gasteiger partial charge in [-0.15, -0.1) is 0 Å². The van der Waals surface area contributed by atoms with Gasteiger partial charge in [0.15, 0.2) is 29.5 Å². The molecule has 0 radical (unpaired) electrons. The van der Waals surface area contributed by atoms with Crippen LogP contribution in [0.1, 0.15) is 36.4 Å². The zero-order valence-electron chi connectivity index (χ0n) is 40.1. The lowest BCUT2D eigenvalue weighted by Gasteiger charge is -2.33. The zero-order chi connectivity index (χ0) is 50.9. The molecule has 22 heteroatoms. The van der Waals surface area contributed by atoms with E-state index < -0.39 is 69.0 Å². The topological polar surface area (TPSA) is 229 Å². The van der Waals surface area contributed by atoms with Crippen LogP contribution in [-0.2, 0) is 57.1 Å². The third-order valence-electron chi connectivity index (χ3n) is 12.5. The normalized spacial score (nSPS) is 20.9. The van der Waals surface area contributed by atoms with Gasteiger partial charge in [-0.2, -0.15) is 16.8 Å². The van der Waals surface area contributed by atoms with Crippen LogP contribution in [0.2, 0.25) is 0 Å². The number of hydrogen-bond donors (Lipinski definition) is 1. The monoisotopic (exact) mass is 1020 g/mol. The molecule has 2 fully saturated rings. The molecule has 5 aromatic carbocycles. The van der Waals surface area contributed by atoms with Crippen LogP contribution in [-0.4, -0.2) is 134 Å². The van der Waals surface area contributed by atoms with E-state index in [2.05, 4.69) is 20.3 Å². The van der Waals surface area contributed by atoms with Gasteiger partial charge in [-0.25, -0.2) is 23.9 Å². The van der Waals surface area contributed by atoms with Gasteiger partial charge in [0.05, 0.1) is 25.6 Å². The smallest absolute Gasteiger partial charge is 0.339 e. The summed E-state index contributed by atoms with van der Waals surface area (Å²) in [4.78, 5) is 44.3. The zero-order valence-corrected chi connectivity index (χ0v) is 41.8. The van der Waals surface area contributed by atoms with Crippen molar-refractivity contribution in [1.82, 2.24) is 19.5 Å². The number of anilines is 3. The van der Waals surface area contributed by atoms with Crippen LogP contribution in [0.4, 0.5) is 17.2 Å². The second kappa shape index (κ2) is 20.8. The van der Waals surface area contributed by atoms with Crippen molar-refractivity contribution in [2.75, 3.05) is 63.6 Å². The van der Waals surface area contributed by atoms with Crippen molar-refractivity contribution in [3.8, 4) is 0 Å². The van der Waals surface area contributed by atoms with Crippen LogP contribution in [0.15, 0.2) is 126 Å². The summed E-state index contributed by atoms with van der Waals surface area (Å²) in [5.74, 6) is -1.69. The number of methoxy groups -OCH3 is 1. The summed E-state index contributed by atoms with van der Waals surface area (Å²) >= 11 is 0. The van der Waals surface area contributed by atoms with Crippen molar-refractivity contribution in [2.45, 2.75) is 72.6 Å². The van der Waals surface area contributed by atoms with Crippen molar-refractivity contribution < 1.29 is 58.5 Å². The van der Waals surface area contributed by atoms with Gasteiger partial charge in [0.25, 0.3) is 26.1 Å². The average molecular weight is 1020 g/mol. The van der Waals surface area contributed by atoms with Gasteiger partial charge in [-0.05, 0) is 49.7 Å². The van der Waals surface area contributed by atoms with Gasteiger partial charge in [0.2, 0.25) is 6.10 Å². The fourth-order valence-electron chi connectivity index (χ4n) is 9.09. The van der Waals surface area contributed by atoms with Crippen molar-refractivity contribution >= 4 is 82.0 Å². The first-order valence-electron chi connectivity index (χ1n) is 23.0. The summed E-state index contributed by atoms with van der Waals surface area (Å²) in [6.07, 6.45) is -7.45. The molecule has 0 saturated carbocycles. The number of aromatic nitrogens is 4. The Kier molecular flexibility index (Phi) is 14.6. The quantitative estimate of drug-likeness (QED) is 0.0807. The summed E-state index contributed by atoms with van der Waals surface area (Å²) in [5, 5.41) is 4.51. The third-order valence-corrected chi connectivity index (χ3v) is 15.2. The maximum Gasteiger partial charge on any atom is 0.339 e. The molecule has 72 heavy (non-hydrogen) atoms. The fourth-order valence-corrected chi connectivity index (χ4v) is 11.7. The molecule has 2 aliphatic heterocycles. The third kappa shape index (κ3) is 9.95. The lowest BCUT2D eigenvalue weighted by molar-refractivity contribution is -0.229. The lowest BCUT2D eigenvalue weighted by Crippen LogP contribution is -2.49. The Morgan fingerprint density at radius 2 is 1.40 bits per heavy atom. The van der Waals surface area contributed by atoms with E-state index in [9.17, 15) is 18.0 Å². The number of hydrogen-bond acceptors (Lipinski definition) is 18. The first kappa shape index (κ1) is 50.3. The molecule has 0 aliphatic carbocycles. The highest BCUT2D eigenvalue weighted by molar-refractivity contribution is 7.87. The summed E-state index contributed by atoms with van der Waals surface area (Å²) in [5.41, 5.74) is 1.92. The molecule has 1 N–H and O–H groups in total. The molecule has 7 atom stereocenters. The van der Waals surface area contributed by atoms with Gasteiger partial charge >= 0.3 is 5.97 Å². The number of fused-ring (bicyclic) bond motifs is 3. The largest absolute Gasteiger partial charge is 0.464 e. The Labute approximate surface area is 416 Å². The number of carbonyl (C=O) groups is 2. The van der Waals surface area contributed by atoms with E-state index in [4.69, 9.17) is 32.1 Å². The van der Waals surface area contributed by atoms with Crippen LogP contribution < -0.4 is 15.1 Å². The predicted octanol–water partition coefficient (Wildman–Crippen LogP) is 6.06. The van der Waals surface area contributed by atoms with Crippen LogP contribution in [0.3, 0.4) is 0 Å². The number of amides is 1. The number of esters is 1. The summed E-state index contributed by atoms with van der Waals surface area (Å²) in [7, 11) is -1.08. The van der Waals surface area contributed by atoms with Gasteiger partial charge < -0.3 is 38.8 Å². The maximum atomic E-state index is 15.1. The van der Waals surface area contributed by atoms with E-state index in [0.717, 1.165) is 5.69 Å². The van der Waals surface area contributed by atoms with Crippen LogP contribution >= 0.6 is 0 Å². The molecule has 3 unspecified atom stereocenters. The van der Waals surface area contributed by atoms with E-state index in [1.807, 2.05) is 50.1 Å². The number of carbonyl (C=O) groups excluding carboxylic acids is 2. The molecule has 20 nitrogen and oxygen atoms in total. The standard InChI is InChI=1S/C50H53N7O13S2/c1-7-65-50(59)45(70-72(62,63)39-24-14-18-33-35(39)20-12-22-37(33)56(4)5)42-43(69-71(60,61)38-23-13-17-32-34(38)19-11-21-36(32)55(2)3)44(67-40-27-31(64-6)25-26-66-40)49(68-42)57-29-53-41-46(51-28-52-47(41)57)54-48(58)30-15-9-8-10-16-30/h8-24,28-29,31,40,42-45,49H,7,25-27H2,1-6H3,(H,51,52,54,58)/t31?,40?,42-,43+,44+,45?,49+/m0/s1. The highest BCUT2D eigenvalue weighted by Crippen LogP contribution is 2.43. The molecule has 7 aromatic rings. The van der Waals surface area contributed by atoms with Gasteiger partial charge in [-0.3, -0.25) is 13.5 Å². The van der Waals surface area contributed by atoms with E-state index in [-0.39, 0.29) is 57.9 Å².